The largest absolute Gasteiger partial charge is 0.370 e. The van der Waals surface area contributed by atoms with Crippen molar-refractivity contribution in [1.29, 1.82) is 0 Å². The Morgan fingerprint density at radius 1 is 1.20 bits per heavy atom. The van der Waals surface area contributed by atoms with Gasteiger partial charge in [0, 0.05) is 12.5 Å². The van der Waals surface area contributed by atoms with Gasteiger partial charge in [-0.15, -0.1) is 0 Å². The summed E-state index contributed by atoms with van der Waals surface area (Å²) < 4.78 is 0. The van der Waals surface area contributed by atoms with E-state index in [1.807, 2.05) is 19.9 Å². The highest BCUT2D eigenvalue weighted by Crippen LogP contribution is 2.22. The first-order valence-corrected chi connectivity index (χ1v) is 5.03. The summed E-state index contributed by atoms with van der Waals surface area (Å²) in [6.45, 7) is 6.10. The Morgan fingerprint density at radius 2 is 1.73 bits per heavy atom. The van der Waals surface area contributed by atoms with Gasteiger partial charge in [-0.05, 0) is 43.0 Å². The molecular weight excluding hydrogens is 188 g/mol. The molecule has 0 fully saturated rings. The normalized spacial score (nSPS) is 12.5. The molecule has 0 heterocycles. The lowest BCUT2D eigenvalue weighted by Gasteiger charge is -2.15. The highest BCUT2D eigenvalue weighted by Gasteiger charge is 2.12. The second-order valence-electron chi connectivity index (χ2n) is 4.07. The van der Waals surface area contributed by atoms with Gasteiger partial charge in [-0.25, -0.2) is 0 Å². The number of benzene rings is 1. The molecule has 1 aromatic carbocycles. The summed E-state index contributed by atoms with van der Waals surface area (Å²) in [6, 6.07) is 3.84. The lowest BCUT2D eigenvalue weighted by molar-refractivity contribution is -0.118. The van der Waals surface area contributed by atoms with Crippen molar-refractivity contribution in [3.63, 3.8) is 0 Å². The minimum absolute atomic E-state index is 0.198. The molecule has 1 aromatic rings. The van der Waals surface area contributed by atoms with Crippen molar-refractivity contribution in [2.24, 2.45) is 11.5 Å². The molecule has 0 saturated heterocycles. The van der Waals surface area contributed by atoms with Crippen LogP contribution in [0.1, 0.15) is 34.7 Å². The minimum atomic E-state index is -0.361. The molecule has 3 nitrogen and oxygen atoms in total. The van der Waals surface area contributed by atoms with Crippen LogP contribution in [0.25, 0.3) is 0 Å². The summed E-state index contributed by atoms with van der Waals surface area (Å²) in [5, 5.41) is 0. The number of carbonyl (C=O) groups excluding carboxylic acids is 1. The summed E-state index contributed by atoms with van der Waals surface area (Å²) in [5.74, 6) is -0.361. The highest BCUT2D eigenvalue weighted by molar-refractivity contribution is 5.74. The van der Waals surface area contributed by atoms with E-state index in [0.717, 1.165) is 11.1 Å². The van der Waals surface area contributed by atoms with Crippen molar-refractivity contribution in [2.75, 3.05) is 0 Å². The highest BCUT2D eigenvalue weighted by atomic mass is 16.1. The van der Waals surface area contributed by atoms with E-state index in [0.29, 0.717) is 0 Å². The zero-order chi connectivity index (χ0) is 11.6. The first kappa shape index (κ1) is 11.7. The summed E-state index contributed by atoms with van der Waals surface area (Å²) >= 11 is 0. The predicted molar refractivity (Wildman–Crippen MR) is 61.4 cm³/mol. The maximum Gasteiger partial charge on any atom is 0.219 e. The first-order chi connectivity index (χ1) is 6.91. The van der Waals surface area contributed by atoms with E-state index in [2.05, 4.69) is 13.0 Å². The van der Waals surface area contributed by atoms with Crippen LogP contribution >= 0.6 is 0 Å². The molecule has 0 aliphatic heterocycles. The zero-order valence-corrected chi connectivity index (χ0v) is 9.50. The van der Waals surface area contributed by atoms with Crippen molar-refractivity contribution >= 4 is 5.91 Å². The van der Waals surface area contributed by atoms with Crippen molar-refractivity contribution < 1.29 is 4.79 Å². The molecule has 0 saturated carbocycles. The third kappa shape index (κ3) is 2.80. The van der Waals surface area contributed by atoms with E-state index in [9.17, 15) is 4.79 Å². The smallest absolute Gasteiger partial charge is 0.219 e. The lowest BCUT2D eigenvalue weighted by Crippen LogP contribution is -2.21. The number of rotatable bonds is 3. The number of nitrogens with two attached hydrogens (primary N) is 2. The molecule has 1 atom stereocenters. The summed E-state index contributed by atoms with van der Waals surface area (Å²) in [5.41, 5.74) is 15.6. The van der Waals surface area contributed by atoms with Crippen molar-refractivity contribution in [3.8, 4) is 0 Å². The molecule has 4 N–H and O–H groups in total. The van der Waals surface area contributed by atoms with Crippen LogP contribution in [0, 0.1) is 20.8 Å². The summed E-state index contributed by atoms with van der Waals surface area (Å²) in [7, 11) is 0. The van der Waals surface area contributed by atoms with E-state index < -0.39 is 0 Å². The predicted octanol–water partition coefficient (Wildman–Crippen LogP) is 1.49. The number of carbonyl (C=O) groups is 1. The number of aryl methyl sites for hydroxylation is 3. The molecule has 0 aliphatic rings. The maximum atomic E-state index is 10.8. The van der Waals surface area contributed by atoms with Crippen molar-refractivity contribution in [1.82, 2.24) is 0 Å². The van der Waals surface area contributed by atoms with Gasteiger partial charge >= 0.3 is 0 Å². The average molecular weight is 206 g/mol. The molecule has 0 radical (unpaired) electrons. The van der Waals surface area contributed by atoms with Crippen LogP contribution in [0.5, 0.6) is 0 Å². The van der Waals surface area contributed by atoms with E-state index in [-0.39, 0.29) is 18.4 Å². The van der Waals surface area contributed by atoms with Crippen LogP contribution in [-0.4, -0.2) is 5.91 Å². The molecule has 0 spiro atoms. The van der Waals surface area contributed by atoms with Crippen LogP contribution in [-0.2, 0) is 4.79 Å². The lowest BCUT2D eigenvalue weighted by atomic mass is 9.94. The standard InChI is InChI=1S/C12H18N2O/c1-7-4-9(3)10(5-8(7)2)11(13)6-12(14)15/h4-5,11H,6,13H2,1-3H3,(H2,14,15)/t11-/m0/s1. The molecule has 15 heavy (non-hydrogen) atoms. The fourth-order valence-electron chi connectivity index (χ4n) is 1.71. The van der Waals surface area contributed by atoms with Gasteiger partial charge in [-0.3, -0.25) is 4.79 Å². The second kappa shape index (κ2) is 4.45. The van der Waals surface area contributed by atoms with E-state index in [4.69, 9.17) is 11.5 Å². The molecule has 0 aliphatic carbocycles. The van der Waals surface area contributed by atoms with Crippen LogP contribution in [0.4, 0.5) is 0 Å². The Balaban J connectivity index is 3.03. The monoisotopic (exact) mass is 206 g/mol. The molecule has 82 valence electrons. The number of hydrogen-bond acceptors (Lipinski definition) is 2. The average Bonchev–Trinajstić information content (AvgIpc) is 2.09. The minimum Gasteiger partial charge on any atom is -0.370 e. The third-order valence-corrected chi connectivity index (χ3v) is 2.70. The topological polar surface area (TPSA) is 69.1 Å². The molecule has 1 amide bonds. The van der Waals surface area contributed by atoms with E-state index in [1.165, 1.54) is 11.1 Å². The van der Waals surface area contributed by atoms with Crippen molar-refractivity contribution in [3.05, 3.63) is 34.4 Å². The van der Waals surface area contributed by atoms with Crippen molar-refractivity contribution in [2.45, 2.75) is 33.2 Å². The fraction of sp³-hybridized carbons (Fsp3) is 0.417. The molecule has 0 bridgehead atoms. The Bertz CT molecular complexity index is 385. The van der Waals surface area contributed by atoms with Gasteiger partial charge in [0.25, 0.3) is 0 Å². The molecule has 1 rings (SSSR count). The Hall–Kier alpha value is -1.35. The number of amides is 1. The molecule has 0 aromatic heterocycles. The third-order valence-electron chi connectivity index (χ3n) is 2.70. The van der Waals surface area contributed by atoms with Crippen LogP contribution in [0.2, 0.25) is 0 Å². The van der Waals surface area contributed by atoms with Gasteiger partial charge in [0.05, 0.1) is 0 Å². The maximum absolute atomic E-state index is 10.8. The Labute approximate surface area is 90.5 Å². The first-order valence-electron chi connectivity index (χ1n) is 5.03. The summed E-state index contributed by atoms with van der Waals surface area (Å²) in [6.07, 6.45) is 0.198. The quantitative estimate of drug-likeness (QED) is 0.786. The van der Waals surface area contributed by atoms with E-state index in [1.54, 1.807) is 0 Å². The number of primary amides is 1. The SMILES string of the molecule is Cc1cc(C)c([C@@H](N)CC(N)=O)cc1C. The Kier molecular flexibility index (Phi) is 3.48. The van der Waals surface area contributed by atoms with Gasteiger partial charge in [0.15, 0.2) is 0 Å². The summed E-state index contributed by atoms with van der Waals surface area (Å²) in [4.78, 5) is 10.8. The molecular formula is C12H18N2O. The zero-order valence-electron chi connectivity index (χ0n) is 9.50. The van der Waals surface area contributed by atoms with Crippen LogP contribution < -0.4 is 11.5 Å². The van der Waals surface area contributed by atoms with E-state index >= 15 is 0 Å². The number of hydrogen-bond donors (Lipinski definition) is 2. The fourth-order valence-corrected chi connectivity index (χ4v) is 1.71. The van der Waals surface area contributed by atoms with Gasteiger partial charge < -0.3 is 11.5 Å². The van der Waals surface area contributed by atoms with Gasteiger partial charge in [0.2, 0.25) is 5.91 Å². The van der Waals surface area contributed by atoms with Gasteiger partial charge in [-0.2, -0.15) is 0 Å². The van der Waals surface area contributed by atoms with Gasteiger partial charge in [-0.1, -0.05) is 12.1 Å². The second-order valence-corrected chi connectivity index (χ2v) is 4.07. The molecule has 3 heteroatoms. The van der Waals surface area contributed by atoms with Crippen LogP contribution in [0.3, 0.4) is 0 Å². The molecule has 0 unspecified atom stereocenters. The van der Waals surface area contributed by atoms with Gasteiger partial charge in [0.1, 0.15) is 0 Å². The van der Waals surface area contributed by atoms with Crippen LogP contribution in [0.15, 0.2) is 12.1 Å². The Morgan fingerprint density at radius 3 is 2.27 bits per heavy atom.